The number of nitrogens with one attached hydrogen (secondary N) is 2. The number of carbonyl (C=O) groups is 2. The van der Waals surface area contributed by atoms with E-state index in [0.717, 1.165) is 36.7 Å². The minimum atomic E-state index is -0.603. The first kappa shape index (κ1) is 20.1. The van der Waals surface area contributed by atoms with Crippen LogP contribution in [0.3, 0.4) is 0 Å². The van der Waals surface area contributed by atoms with E-state index in [1.807, 2.05) is 29.2 Å². The second-order valence-electron chi connectivity index (χ2n) is 8.03. The largest absolute Gasteiger partial charge is 0.340 e. The highest BCUT2D eigenvalue weighted by molar-refractivity contribution is 6.05. The van der Waals surface area contributed by atoms with Gasteiger partial charge in [-0.3, -0.25) is 14.7 Å². The van der Waals surface area contributed by atoms with Crippen LogP contribution in [0.4, 0.5) is 0 Å². The van der Waals surface area contributed by atoms with Crippen LogP contribution in [0, 0.1) is 0 Å². The van der Waals surface area contributed by atoms with Crippen LogP contribution in [0.15, 0.2) is 48.5 Å². The molecule has 2 N–H and O–H groups in total. The van der Waals surface area contributed by atoms with Gasteiger partial charge in [0.25, 0.3) is 5.91 Å². The summed E-state index contributed by atoms with van der Waals surface area (Å²) in [5.74, 6) is -0.0399. The zero-order valence-electron chi connectivity index (χ0n) is 17.5. The maximum Gasteiger partial charge on any atom is 0.273 e. The van der Waals surface area contributed by atoms with Gasteiger partial charge >= 0.3 is 0 Å². The van der Waals surface area contributed by atoms with E-state index in [1.54, 1.807) is 6.92 Å². The molecule has 2 amide bonds. The molecule has 0 bridgehead atoms. The maximum absolute atomic E-state index is 13.0. The second-order valence-corrected chi connectivity index (χ2v) is 8.03. The molecule has 0 radical (unpaired) electrons. The third-order valence-corrected chi connectivity index (χ3v) is 6.00. The lowest BCUT2D eigenvalue weighted by molar-refractivity contribution is -0.134. The topological polar surface area (TPSA) is 78.1 Å². The summed E-state index contributed by atoms with van der Waals surface area (Å²) in [6.45, 7) is 5.32. The summed E-state index contributed by atoms with van der Waals surface area (Å²) >= 11 is 0. The number of para-hydroxylation sites is 1. The van der Waals surface area contributed by atoms with Gasteiger partial charge in [0.05, 0.1) is 5.52 Å². The third kappa shape index (κ3) is 4.08. The molecule has 0 saturated carbocycles. The molecule has 1 fully saturated rings. The van der Waals surface area contributed by atoms with E-state index >= 15 is 0 Å². The number of hydrogen-bond acceptors (Lipinski definition) is 3. The number of aryl methyl sites for hydroxylation is 1. The zero-order chi connectivity index (χ0) is 21.1. The quantitative estimate of drug-likeness (QED) is 0.681. The molecule has 156 valence electrons. The fourth-order valence-electron chi connectivity index (χ4n) is 4.21. The Morgan fingerprint density at radius 2 is 1.97 bits per heavy atom. The lowest BCUT2D eigenvalue weighted by Crippen LogP contribution is -2.49. The van der Waals surface area contributed by atoms with E-state index in [9.17, 15) is 9.59 Å². The van der Waals surface area contributed by atoms with Gasteiger partial charge in [-0.25, -0.2) is 0 Å². The van der Waals surface area contributed by atoms with E-state index in [-0.39, 0.29) is 11.8 Å². The van der Waals surface area contributed by atoms with Crippen LogP contribution in [0.25, 0.3) is 10.9 Å². The van der Waals surface area contributed by atoms with Crippen molar-refractivity contribution in [3.05, 3.63) is 65.4 Å². The van der Waals surface area contributed by atoms with E-state index < -0.39 is 6.04 Å². The molecule has 6 heteroatoms. The Bertz CT molecular complexity index is 1040. The molecule has 2 heterocycles. The van der Waals surface area contributed by atoms with Gasteiger partial charge in [-0.15, -0.1) is 0 Å². The summed E-state index contributed by atoms with van der Waals surface area (Å²) in [5.41, 5.74) is 3.72. The number of fused-ring (bicyclic) bond motifs is 1. The van der Waals surface area contributed by atoms with Gasteiger partial charge in [0.15, 0.2) is 5.69 Å². The monoisotopic (exact) mass is 404 g/mol. The van der Waals surface area contributed by atoms with Crippen molar-refractivity contribution >= 4 is 22.7 Å². The molecule has 0 aliphatic carbocycles. The van der Waals surface area contributed by atoms with Crippen LogP contribution in [0.5, 0.6) is 0 Å². The van der Waals surface area contributed by atoms with Crippen LogP contribution in [-0.4, -0.2) is 46.0 Å². The fourth-order valence-corrected chi connectivity index (χ4v) is 4.21. The Labute approximate surface area is 176 Å². The van der Waals surface area contributed by atoms with E-state index in [2.05, 4.69) is 46.7 Å². The van der Waals surface area contributed by atoms with Gasteiger partial charge in [0.2, 0.25) is 5.91 Å². The average molecular weight is 405 g/mol. The molecule has 1 aliphatic rings. The Morgan fingerprint density at radius 1 is 1.20 bits per heavy atom. The molecule has 0 spiro atoms. The summed E-state index contributed by atoms with van der Waals surface area (Å²) < 4.78 is 0. The molecular formula is C24H28N4O2. The van der Waals surface area contributed by atoms with Crippen LogP contribution in [-0.2, 0) is 11.2 Å². The summed E-state index contributed by atoms with van der Waals surface area (Å²) in [6.07, 6.45) is 3.07. The third-order valence-electron chi connectivity index (χ3n) is 6.00. The van der Waals surface area contributed by atoms with E-state index in [0.29, 0.717) is 18.2 Å². The van der Waals surface area contributed by atoms with Crippen LogP contribution in [0.2, 0.25) is 0 Å². The number of hydrogen-bond donors (Lipinski definition) is 2. The average Bonchev–Trinajstić information content (AvgIpc) is 3.23. The molecule has 6 nitrogen and oxygen atoms in total. The van der Waals surface area contributed by atoms with Crippen molar-refractivity contribution in [2.24, 2.45) is 0 Å². The van der Waals surface area contributed by atoms with E-state index in [4.69, 9.17) is 0 Å². The van der Waals surface area contributed by atoms with Gasteiger partial charge < -0.3 is 10.2 Å². The highest BCUT2D eigenvalue weighted by Gasteiger charge is 2.29. The summed E-state index contributed by atoms with van der Waals surface area (Å²) in [6, 6.07) is 15.6. The number of carbonyl (C=O) groups excluding carboxylic acids is 2. The van der Waals surface area contributed by atoms with Crippen molar-refractivity contribution < 1.29 is 9.59 Å². The van der Waals surface area contributed by atoms with Crippen molar-refractivity contribution in [3.63, 3.8) is 0 Å². The summed E-state index contributed by atoms with van der Waals surface area (Å²) in [7, 11) is 0. The lowest BCUT2D eigenvalue weighted by atomic mass is 9.89. The molecule has 2 atom stereocenters. The van der Waals surface area contributed by atoms with Gasteiger partial charge in [-0.1, -0.05) is 49.4 Å². The number of aromatic amines is 1. The first-order chi connectivity index (χ1) is 14.6. The van der Waals surface area contributed by atoms with E-state index in [1.165, 1.54) is 11.1 Å². The van der Waals surface area contributed by atoms with Gasteiger partial charge in [0.1, 0.15) is 6.04 Å². The number of H-pyrrole nitrogens is 1. The number of aromatic nitrogens is 2. The number of amides is 2. The van der Waals surface area contributed by atoms with Crippen molar-refractivity contribution in [2.75, 3.05) is 13.1 Å². The van der Waals surface area contributed by atoms with Gasteiger partial charge in [-0.2, -0.15) is 5.10 Å². The fraction of sp³-hybridized carbons (Fsp3) is 0.375. The van der Waals surface area contributed by atoms with Gasteiger partial charge in [0, 0.05) is 24.4 Å². The number of nitrogens with zero attached hydrogens (tertiary/aromatic N) is 2. The molecule has 3 aromatic rings. The van der Waals surface area contributed by atoms with Crippen LogP contribution < -0.4 is 5.32 Å². The summed E-state index contributed by atoms with van der Waals surface area (Å²) in [4.78, 5) is 27.6. The Kier molecular flexibility index (Phi) is 5.84. The second kappa shape index (κ2) is 8.69. The smallest absolute Gasteiger partial charge is 0.273 e. The maximum atomic E-state index is 13.0. The molecule has 30 heavy (non-hydrogen) atoms. The standard InChI is InChI=1S/C24H28N4O2/c1-3-17-10-12-18(13-11-17)19-7-6-14-28(15-19)24(30)16(2)25-23(29)22-20-8-4-5-9-21(20)26-27-22/h4-5,8-13,16,19H,3,6-7,14-15H2,1-2H3,(H,25,29)(H,26,27). The molecule has 2 aromatic carbocycles. The molecule has 1 saturated heterocycles. The molecule has 1 aliphatic heterocycles. The Hall–Kier alpha value is -3.15. The molecule has 2 unspecified atom stereocenters. The molecular weight excluding hydrogens is 376 g/mol. The highest BCUT2D eigenvalue weighted by atomic mass is 16.2. The SMILES string of the molecule is CCc1ccc(C2CCCN(C(=O)C(C)NC(=O)c3n[nH]c4ccccc34)C2)cc1. The minimum absolute atomic E-state index is 0.0435. The Balaban J connectivity index is 1.40. The number of piperidine rings is 1. The minimum Gasteiger partial charge on any atom is -0.340 e. The van der Waals surface area contributed by atoms with Gasteiger partial charge in [-0.05, 0) is 43.4 Å². The highest BCUT2D eigenvalue weighted by Crippen LogP contribution is 2.27. The number of benzene rings is 2. The molecule has 1 aromatic heterocycles. The van der Waals surface area contributed by atoms with Crippen LogP contribution >= 0.6 is 0 Å². The van der Waals surface area contributed by atoms with Crippen molar-refractivity contribution in [3.8, 4) is 0 Å². The first-order valence-corrected chi connectivity index (χ1v) is 10.7. The Morgan fingerprint density at radius 3 is 2.73 bits per heavy atom. The summed E-state index contributed by atoms with van der Waals surface area (Å²) in [5, 5.41) is 10.6. The van der Waals surface area contributed by atoms with Crippen molar-refractivity contribution in [2.45, 2.75) is 45.1 Å². The van der Waals surface area contributed by atoms with Crippen molar-refractivity contribution in [1.29, 1.82) is 0 Å². The van der Waals surface area contributed by atoms with Crippen LogP contribution in [0.1, 0.15) is 54.2 Å². The molecule has 4 rings (SSSR count). The number of rotatable bonds is 5. The lowest BCUT2D eigenvalue weighted by Gasteiger charge is -2.34. The predicted molar refractivity (Wildman–Crippen MR) is 117 cm³/mol. The predicted octanol–water partition coefficient (Wildman–Crippen LogP) is 3.65. The van der Waals surface area contributed by atoms with Crippen molar-refractivity contribution in [1.82, 2.24) is 20.4 Å². The normalized spacial score (nSPS) is 17.7. The zero-order valence-corrected chi connectivity index (χ0v) is 17.5. The number of likely N-dealkylation sites (tertiary alicyclic amines) is 1. The first-order valence-electron chi connectivity index (χ1n) is 10.7.